The van der Waals surface area contributed by atoms with Crippen LogP contribution in [0.3, 0.4) is 0 Å². The smallest absolute Gasteiger partial charge is 0.217 e. The highest BCUT2D eigenvalue weighted by atomic mass is 32.1. The minimum absolute atomic E-state index is 0.360. The van der Waals surface area contributed by atoms with Gasteiger partial charge in [0, 0.05) is 13.5 Å². The molecule has 8 heteroatoms. The monoisotopic (exact) mass is 323 g/mol. The third kappa shape index (κ3) is 5.72. The molecule has 0 aliphatic carbocycles. The molecule has 4 N–H and O–H groups in total. The molecule has 0 aromatic carbocycles. The largest absolute Gasteiger partial charge is 0.394 e. The molecule has 7 nitrogen and oxygen atoms in total. The van der Waals surface area contributed by atoms with E-state index in [2.05, 4.69) is 17.9 Å². The van der Waals surface area contributed by atoms with Gasteiger partial charge in [0.15, 0.2) is 6.29 Å². The molecule has 5 atom stereocenters. The highest BCUT2D eigenvalue weighted by Gasteiger charge is 2.45. The number of aliphatic hydroxyl groups is 3. The van der Waals surface area contributed by atoms with Gasteiger partial charge >= 0.3 is 0 Å². The average molecular weight is 323 g/mol. The number of rotatable bonds is 8. The van der Waals surface area contributed by atoms with E-state index in [1.54, 1.807) is 0 Å². The molecule has 2 unspecified atom stereocenters. The molecule has 21 heavy (non-hydrogen) atoms. The fourth-order valence-corrected chi connectivity index (χ4v) is 2.43. The van der Waals surface area contributed by atoms with Crippen LogP contribution >= 0.6 is 12.6 Å². The van der Waals surface area contributed by atoms with Crippen molar-refractivity contribution in [1.29, 1.82) is 0 Å². The summed E-state index contributed by atoms with van der Waals surface area (Å²) in [7, 11) is 0. The van der Waals surface area contributed by atoms with Crippen LogP contribution in [0.15, 0.2) is 0 Å². The summed E-state index contributed by atoms with van der Waals surface area (Å²) in [5, 5.41) is 31.6. The molecule has 0 spiro atoms. The number of ether oxygens (including phenoxy) is 2. The van der Waals surface area contributed by atoms with Gasteiger partial charge in [-0.05, 0) is 18.6 Å². The number of unbranched alkanes of at least 4 members (excludes halogenated alkanes) is 2. The molecule has 1 aliphatic heterocycles. The maximum absolute atomic E-state index is 11.2. The lowest BCUT2D eigenvalue weighted by molar-refractivity contribution is -0.270. The van der Waals surface area contributed by atoms with Crippen LogP contribution in [0.2, 0.25) is 0 Å². The zero-order valence-corrected chi connectivity index (χ0v) is 13.0. The molecule has 124 valence electrons. The van der Waals surface area contributed by atoms with Crippen molar-refractivity contribution in [3.05, 3.63) is 0 Å². The summed E-state index contributed by atoms with van der Waals surface area (Å²) >= 11 is 4.12. The lowest BCUT2D eigenvalue weighted by atomic mass is 9.97. The molecule has 1 amide bonds. The minimum atomic E-state index is -1.28. The number of hydrogen-bond donors (Lipinski definition) is 5. The summed E-state index contributed by atoms with van der Waals surface area (Å²) in [6.07, 6.45) is -1.65. The van der Waals surface area contributed by atoms with Crippen molar-refractivity contribution in [2.45, 2.75) is 56.8 Å². The van der Waals surface area contributed by atoms with Crippen LogP contribution in [0, 0.1) is 0 Å². The molecule has 1 rings (SSSR count). The molecule has 1 aliphatic rings. The van der Waals surface area contributed by atoms with E-state index < -0.39 is 37.3 Å². The normalized spacial score (nSPS) is 32.9. The van der Waals surface area contributed by atoms with E-state index >= 15 is 0 Å². The Bertz CT molecular complexity index is 319. The summed E-state index contributed by atoms with van der Waals surface area (Å²) in [6.45, 7) is 1.26. The summed E-state index contributed by atoms with van der Waals surface area (Å²) in [5.74, 6) is 0.451. The first-order chi connectivity index (χ1) is 10.0. The maximum Gasteiger partial charge on any atom is 0.217 e. The molecule has 1 heterocycles. The van der Waals surface area contributed by atoms with E-state index in [0.29, 0.717) is 6.61 Å². The van der Waals surface area contributed by atoms with Crippen LogP contribution < -0.4 is 5.32 Å². The summed E-state index contributed by atoms with van der Waals surface area (Å²) < 4.78 is 11.0. The number of nitrogens with one attached hydrogen (secondary N) is 1. The summed E-state index contributed by atoms with van der Waals surface area (Å²) in [5.41, 5.74) is 0. The topological polar surface area (TPSA) is 108 Å². The van der Waals surface area contributed by atoms with Crippen molar-refractivity contribution in [3.8, 4) is 0 Å². The molecular weight excluding hydrogens is 298 g/mol. The molecule has 0 aromatic rings. The van der Waals surface area contributed by atoms with Crippen molar-refractivity contribution in [3.63, 3.8) is 0 Å². The second kappa shape index (κ2) is 9.60. The average Bonchev–Trinajstić information content (AvgIpc) is 2.45. The number of thiol groups is 1. The predicted molar refractivity (Wildman–Crippen MR) is 79.0 cm³/mol. The molecule has 0 saturated carbocycles. The number of carbonyl (C=O) groups is 1. The van der Waals surface area contributed by atoms with Gasteiger partial charge in [0.25, 0.3) is 0 Å². The molecule has 1 fully saturated rings. The maximum atomic E-state index is 11.2. The standard InChI is InChI=1S/C13H25NO6S/c1-8(16)14-10-12(18)11(17)9(7-15)20-13(10)19-5-3-2-4-6-21/h9-13,15,17-18,21H,2-7H2,1H3,(H,14,16)/t9?,10-,11-,12?,13-/m0/s1. The van der Waals surface area contributed by atoms with Crippen molar-refractivity contribution in [2.75, 3.05) is 19.0 Å². The van der Waals surface area contributed by atoms with Crippen LogP contribution in [-0.4, -0.2) is 70.8 Å². The van der Waals surface area contributed by atoms with E-state index in [1.807, 2.05) is 0 Å². The lowest BCUT2D eigenvalue weighted by Gasteiger charge is -2.42. The second-order valence-electron chi connectivity index (χ2n) is 5.09. The van der Waals surface area contributed by atoms with E-state index in [4.69, 9.17) is 14.6 Å². The molecule has 0 bridgehead atoms. The second-order valence-corrected chi connectivity index (χ2v) is 5.54. The Morgan fingerprint density at radius 1 is 1.29 bits per heavy atom. The Labute approximate surface area is 130 Å². The number of carbonyl (C=O) groups excluding carboxylic acids is 1. The molecular formula is C13H25NO6S. The van der Waals surface area contributed by atoms with Gasteiger partial charge in [0.1, 0.15) is 24.4 Å². The van der Waals surface area contributed by atoms with Gasteiger partial charge in [-0.15, -0.1) is 0 Å². The van der Waals surface area contributed by atoms with Gasteiger partial charge in [0.05, 0.1) is 6.61 Å². The van der Waals surface area contributed by atoms with Gasteiger partial charge < -0.3 is 30.1 Å². The fourth-order valence-electron chi connectivity index (χ4n) is 2.20. The van der Waals surface area contributed by atoms with E-state index in [9.17, 15) is 15.0 Å². The minimum Gasteiger partial charge on any atom is -0.394 e. The zero-order valence-electron chi connectivity index (χ0n) is 12.1. The quantitative estimate of drug-likeness (QED) is 0.291. The first-order valence-corrected chi connectivity index (χ1v) is 7.76. The third-order valence-electron chi connectivity index (χ3n) is 3.34. The Kier molecular flexibility index (Phi) is 8.53. The summed E-state index contributed by atoms with van der Waals surface area (Å²) in [4.78, 5) is 11.2. The molecule has 0 radical (unpaired) electrons. The van der Waals surface area contributed by atoms with Crippen LogP contribution in [0.25, 0.3) is 0 Å². The number of amides is 1. The Morgan fingerprint density at radius 2 is 2.00 bits per heavy atom. The van der Waals surface area contributed by atoms with Gasteiger partial charge in [0.2, 0.25) is 5.91 Å². The van der Waals surface area contributed by atoms with Crippen LogP contribution in [0.4, 0.5) is 0 Å². The Hall–Kier alpha value is -0.380. The van der Waals surface area contributed by atoms with Crippen molar-refractivity contribution >= 4 is 18.5 Å². The highest BCUT2D eigenvalue weighted by Crippen LogP contribution is 2.22. The van der Waals surface area contributed by atoms with Crippen molar-refractivity contribution in [2.24, 2.45) is 0 Å². The van der Waals surface area contributed by atoms with Crippen LogP contribution in [0.5, 0.6) is 0 Å². The van der Waals surface area contributed by atoms with Gasteiger partial charge in [-0.3, -0.25) is 4.79 Å². The zero-order chi connectivity index (χ0) is 15.8. The van der Waals surface area contributed by atoms with Crippen molar-refractivity contribution in [1.82, 2.24) is 5.32 Å². The molecule has 1 saturated heterocycles. The van der Waals surface area contributed by atoms with Crippen LogP contribution in [-0.2, 0) is 14.3 Å². The summed E-state index contributed by atoms with van der Waals surface area (Å²) in [6, 6.07) is -0.870. The van der Waals surface area contributed by atoms with Gasteiger partial charge in [-0.1, -0.05) is 6.42 Å². The first-order valence-electron chi connectivity index (χ1n) is 7.13. The van der Waals surface area contributed by atoms with E-state index in [-0.39, 0.29) is 5.91 Å². The number of aliphatic hydroxyl groups excluding tert-OH is 3. The highest BCUT2D eigenvalue weighted by molar-refractivity contribution is 7.80. The van der Waals surface area contributed by atoms with Crippen LogP contribution in [0.1, 0.15) is 26.2 Å². The third-order valence-corrected chi connectivity index (χ3v) is 3.65. The lowest BCUT2D eigenvalue weighted by Crippen LogP contribution is -2.64. The van der Waals surface area contributed by atoms with Gasteiger partial charge in [-0.25, -0.2) is 0 Å². The Morgan fingerprint density at radius 3 is 2.57 bits per heavy atom. The SMILES string of the molecule is CC(=O)N[C@H]1C(O)[C@@H](O)C(CO)O[C@@H]1OCCCCCS. The molecule has 0 aromatic heterocycles. The number of hydrogen-bond acceptors (Lipinski definition) is 7. The van der Waals surface area contributed by atoms with Crippen molar-refractivity contribution < 1.29 is 29.6 Å². The fraction of sp³-hybridized carbons (Fsp3) is 0.923. The first kappa shape index (κ1) is 18.7. The predicted octanol–water partition coefficient (Wildman–Crippen LogP) is -0.953. The van der Waals surface area contributed by atoms with E-state index in [1.165, 1.54) is 6.92 Å². The van der Waals surface area contributed by atoms with Gasteiger partial charge in [-0.2, -0.15) is 12.6 Å². The van der Waals surface area contributed by atoms with E-state index in [0.717, 1.165) is 25.0 Å². The Balaban J connectivity index is 2.58.